The maximum atomic E-state index is 12.2. The van der Waals surface area contributed by atoms with Crippen LogP contribution in [-0.2, 0) is 42.9 Å². The summed E-state index contributed by atoms with van der Waals surface area (Å²) in [7, 11) is 6.63. The Bertz CT molecular complexity index is 896. The molecule has 4 saturated heterocycles. The predicted octanol–water partition coefficient (Wildman–Crippen LogP) is 1.63. The smallest absolute Gasteiger partial charge is 0.236 e. The van der Waals surface area contributed by atoms with Crippen LogP contribution in [0.2, 0.25) is 0 Å². The fourth-order valence-electron chi connectivity index (χ4n) is 5.66. The van der Waals surface area contributed by atoms with Crippen molar-refractivity contribution in [2.24, 2.45) is 23.7 Å². The minimum absolute atomic E-state index is 0.0562. The number of fused-ring (bicyclic) bond motifs is 10. The van der Waals surface area contributed by atoms with E-state index < -0.39 is 0 Å². The average molecular weight is 630 g/mol. The van der Waals surface area contributed by atoms with Crippen LogP contribution >= 0.6 is 15.9 Å². The fraction of sp³-hybridized carbons (Fsp3) is 0.714. The summed E-state index contributed by atoms with van der Waals surface area (Å²) in [6.45, 7) is 2.07. The number of nitrogens with one attached hydrogen (secondary N) is 1. The molecule has 6 aliphatic heterocycles. The Morgan fingerprint density at radius 1 is 0.700 bits per heavy atom. The third-order valence-electron chi connectivity index (χ3n) is 7.47. The third kappa shape index (κ3) is 7.27. The lowest BCUT2D eigenvalue weighted by molar-refractivity contribution is -0.142. The summed E-state index contributed by atoms with van der Waals surface area (Å²) < 4.78 is 25.0. The molecular formula is C28H41BrN2O9. The number of rotatable bonds is 9. The second-order valence-electron chi connectivity index (χ2n) is 10.2. The van der Waals surface area contributed by atoms with Gasteiger partial charge < -0.3 is 23.7 Å². The van der Waals surface area contributed by atoms with Gasteiger partial charge in [-0.05, 0) is 25.7 Å². The number of nitrogens with zero attached hydrogens (tertiary/aromatic N) is 1. The highest BCUT2D eigenvalue weighted by Gasteiger charge is 2.60. The molecule has 1 N–H and O–H groups in total. The van der Waals surface area contributed by atoms with Crippen LogP contribution in [0.5, 0.6) is 0 Å². The van der Waals surface area contributed by atoms with Crippen LogP contribution in [0.4, 0.5) is 0 Å². The molecule has 8 atom stereocenters. The normalized spacial score (nSPS) is 33.2. The molecule has 11 nitrogen and oxygen atoms in total. The first-order valence-corrected chi connectivity index (χ1v) is 14.8. The Balaban J connectivity index is 0.000000173. The molecule has 224 valence electrons. The second kappa shape index (κ2) is 15.9. The number of hydrogen-bond donors (Lipinski definition) is 1. The highest BCUT2D eigenvalue weighted by molar-refractivity contribution is 9.09. The topological polar surface area (TPSA) is 130 Å². The van der Waals surface area contributed by atoms with E-state index in [2.05, 4.69) is 26.0 Å². The van der Waals surface area contributed by atoms with Gasteiger partial charge in [-0.25, -0.2) is 0 Å². The Hall–Kier alpha value is -1.96. The molecule has 8 unspecified atom stereocenters. The van der Waals surface area contributed by atoms with E-state index in [0.29, 0.717) is 13.2 Å². The van der Waals surface area contributed by atoms with Crippen LogP contribution in [0.15, 0.2) is 24.3 Å². The monoisotopic (exact) mass is 628 g/mol. The SMILES string of the molecule is COC.COCCCCBr.COCCCCN1C(=O)C2C3C=CC(O3)C2C1=O.O=C1NC(=O)C2C3C=CC(O3)C12. The maximum Gasteiger partial charge on any atom is 0.236 e. The first-order valence-electron chi connectivity index (χ1n) is 13.7. The number of imide groups is 2. The standard InChI is InChI=1S/C13H17NO4.C8H7NO3.C5H11BrO.C2H6O/c1-17-7-3-2-6-14-12(15)10-8-4-5-9(18-8)11(10)13(14)16;10-7-5-3-1-2-4(12-3)6(5)8(11)9-7;1-7-5-3-2-4-6;1-3-2/h4-5,8-11H,2-3,6-7H2,1H3;1-6H,(H,9,10,11);2-5H2,1H3;1-2H3. The molecule has 0 spiro atoms. The number of carbonyl (C=O) groups is 4. The van der Waals surface area contributed by atoms with Crippen LogP contribution in [-0.4, -0.2) is 106 Å². The summed E-state index contributed by atoms with van der Waals surface area (Å²) in [6.07, 6.45) is 10.9. The van der Waals surface area contributed by atoms with Gasteiger partial charge >= 0.3 is 0 Å². The molecule has 40 heavy (non-hydrogen) atoms. The molecule has 0 aromatic rings. The Kier molecular flexibility index (Phi) is 12.9. The van der Waals surface area contributed by atoms with E-state index >= 15 is 0 Å². The van der Waals surface area contributed by atoms with Crippen molar-refractivity contribution in [2.45, 2.75) is 50.1 Å². The molecule has 4 fully saturated rings. The number of hydrogen-bond acceptors (Lipinski definition) is 9. The largest absolute Gasteiger partial charge is 0.388 e. The van der Waals surface area contributed by atoms with Gasteiger partial charge in [-0.3, -0.25) is 29.4 Å². The van der Waals surface area contributed by atoms with Crippen LogP contribution < -0.4 is 5.32 Å². The first kappa shape index (κ1) is 32.6. The number of amides is 4. The summed E-state index contributed by atoms with van der Waals surface area (Å²) in [5.41, 5.74) is 0. The van der Waals surface area contributed by atoms with Gasteiger partial charge in [-0.15, -0.1) is 0 Å². The van der Waals surface area contributed by atoms with Gasteiger partial charge in [-0.2, -0.15) is 0 Å². The Morgan fingerprint density at radius 3 is 1.50 bits per heavy atom. The van der Waals surface area contributed by atoms with E-state index in [4.69, 9.17) is 18.9 Å². The molecule has 6 aliphatic rings. The highest BCUT2D eigenvalue weighted by Crippen LogP contribution is 2.45. The van der Waals surface area contributed by atoms with Crippen molar-refractivity contribution < 1.29 is 42.9 Å². The van der Waals surface area contributed by atoms with Crippen LogP contribution in [0, 0.1) is 23.7 Å². The molecule has 0 saturated carbocycles. The van der Waals surface area contributed by atoms with Gasteiger partial charge in [0.05, 0.1) is 48.1 Å². The lowest BCUT2D eigenvalue weighted by Gasteiger charge is -2.17. The van der Waals surface area contributed by atoms with Gasteiger partial charge in [0, 0.05) is 53.5 Å². The summed E-state index contributed by atoms with van der Waals surface area (Å²) in [6, 6.07) is 0. The van der Waals surface area contributed by atoms with E-state index in [-0.39, 0.29) is 71.7 Å². The van der Waals surface area contributed by atoms with Gasteiger partial charge in [0.1, 0.15) is 0 Å². The lowest BCUT2D eigenvalue weighted by Crippen LogP contribution is -2.35. The Morgan fingerprint density at radius 2 is 1.10 bits per heavy atom. The van der Waals surface area contributed by atoms with Gasteiger partial charge in [0.25, 0.3) is 0 Å². The van der Waals surface area contributed by atoms with Crippen molar-refractivity contribution in [1.29, 1.82) is 0 Å². The number of ether oxygens (including phenoxy) is 5. The number of carbonyl (C=O) groups excluding carboxylic acids is 4. The van der Waals surface area contributed by atoms with Crippen LogP contribution in [0.25, 0.3) is 0 Å². The molecule has 0 radical (unpaired) electrons. The summed E-state index contributed by atoms with van der Waals surface area (Å²) >= 11 is 3.32. The highest BCUT2D eigenvalue weighted by atomic mass is 79.9. The predicted molar refractivity (Wildman–Crippen MR) is 148 cm³/mol. The van der Waals surface area contributed by atoms with E-state index in [1.165, 1.54) is 17.7 Å². The van der Waals surface area contributed by atoms with Crippen molar-refractivity contribution in [3.63, 3.8) is 0 Å². The van der Waals surface area contributed by atoms with Crippen molar-refractivity contribution in [3.05, 3.63) is 24.3 Å². The molecule has 12 heteroatoms. The number of halogens is 1. The zero-order valence-electron chi connectivity index (χ0n) is 23.6. The number of unbranched alkanes of at least 4 members (excludes halogenated alkanes) is 2. The molecule has 6 rings (SSSR count). The van der Waals surface area contributed by atoms with Gasteiger partial charge in [0.2, 0.25) is 23.6 Å². The minimum atomic E-state index is -0.269. The van der Waals surface area contributed by atoms with Crippen molar-refractivity contribution in [2.75, 3.05) is 53.5 Å². The zero-order chi connectivity index (χ0) is 29.2. The second-order valence-corrected chi connectivity index (χ2v) is 11.0. The summed E-state index contributed by atoms with van der Waals surface area (Å²) in [5.74, 6) is -1.52. The number of methoxy groups -OCH3 is 3. The van der Waals surface area contributed by atoms with Crippen LogP contribution in [0.3, 0.4) is 0 Å². The molecule has 0 aliphatic carbocycles. The third-order valence-corrected chi connectivity index (χ3v) is 8.03. The molecular weight excluding hydrogens is 588 g/mol. The molecule has 6 heterocycles. The van der Waals surface area contributed by atoms with E-state index in [0.717, 1.165) is 24.8 Å². The molecule has 4 amide bonds. The zero-order valence-corrected chi connectivity index (χ0v) is 25.2. The lowest BCUT2D eigenvalue weighted by atomic mass is 9.85. The first-order chi connectivity index (χ1) is 19.3. The van der Waals surface area contributed by atoms with Crippen molar-refractivity contribution in [1.82, 2.24) is 10.2 Å². The molecule has 4 bridgehead atoms. The molecule has 0 aromatic carbocycles. The summed E-state index contributed by atoms with van der Waals surface area (Å²) in [5, 5.41) is 3.42. The fourth-order valence-corrected chi connectivity index (χ4v) is 6.06. The van der Waals surface area contributed by atoms with E-state index in [1.807, 2.05) is 24.3 Å². The summed E-state index contributed by atoms with van der Waals surface area (Å²) in [4.78, 5) is 48.3. The van der Waals surface area contributed by atoms with Gasteiger partial charge in [0.15, 0.2) is 0 Å². The maximum absolute atomic E-state index is 12.2. The number of alkyl halides is 1. The van der Waals surface area contributed by atoms with Crippen molar-refractivity contribution >= 4 is 39.6 Å². The Labute approximate surface area is 244 Å². The molecule has 0 aromatic heterocycles. The quantitative estimate of drug-likeness (QED) is 0.175. The number of likely N-dealkylation sites (tertiary alicyclic amines) is 1. The average Bonchev–Trinajstić information content (AvgIpc) is 3.78. The van der Waals surface area contributed by atoms with E-state index in [9.17, 15) is 19.2 Å². The minimum Gasteiger partial charge on any atom is -0.388 e. The van der Waals surface area contributed by atoms with E-state index in [1.54, 1.807) is 28.4 Å². The van der Waals surface area contributed by atoms with Crippen molar-refractivity contribution in [3.8, 4) is 0 Å². The van der Waals surface area contributed by atoms with Gasteiger partial charge in [-0.1, -0.05) is 40.2 Å². The van der Waals surface area contributed by atoms with Crippen LogP contribution in [0.1, 0.15) is 25.7 Å².